The molecular formula is C20H23N5O2. The minimum Gasteiger partial charge on any atom is -0.478 e. The van der Waals surface area contributed by atoms with E-state index in [-0.39, 0.29) is 11.8 Å². The van der Waals surface area contributed by atoms with Crippen LogP contribution in [0.15, 0.2) is 48.9 Å². The number of hydrogen-bond donors (Lipinski definition) is 1. The maximum Gasteiger partial charge on any atom is 0.255 e. The Morgan fingerprint density at radius 1 is 1.19 bits per heavy atom. The van der Waals surface area contributed by atoms with Gasteiger partial charge in [0.25, 0.3) is 5.91 Å². The van der Waals surface area contributed by atoms with Crippen molar-refractivity contribution in [3.8, 4) is 11.7 Å². The van der Waals surface area contributed by atoms with Gasteiger partial charge in [-0.2, -0.15) is 5.10 Å². The highest BCUT2D eigenvalue weighted by atomic mass is 16.5. The zero-order chi connectivity index (χ0) is 19.2. The first-order valence-electron chi connectivity index (χ1n) is 8.96. The maximum absolute atomic E-state index is 12.8. The van der Waals surface area contributed by atoms with Gasteiger partial charge >= 0.3 is 0 Å². The predicted molar refractivity (Wildman–Crippen MR) is 102 cm³/mol. The zero-order valence-electron chi connectivity index (χ0n) is 15.7. The average Bonchev–Trinajstić information content (AvgIpc) is 3.13. The lowest BCUT2D eigenvalue weighted by atomic mass is 10.1. The first-order valence-corrected chi connectivity index (χ1v) is 8.96. The Balaban J connectivity index is 1.83. The van der Waals surface area contributed by atoms with E-state index < -0.39 is 0 Å². The smallest absolute Gasteiger partial charge is 0.255 e. The SMILES string of the molecule is CCOc1ncccc1CNC(=O)c1cnn(-c2ccccn2)c1C(C)C. The lowest BCUT2D eigenvalue weighted by Crippen LogP contribution is -2.24. The molecule has 0 saturated carbocycles. The molecule has 3 aromatic heterocycles. The Bertz CT molecular complexity index is 906. The van der Waals surface area contributed by atoms with Gasteiger partial charge in [0, 0.05) is 24.5 Å². The van der Waals surface area contributed by atoms with E-state index in [1.165, 1.54) is 0 Å². The van der Waals surface area contributed by atoms with Crippen molar-refractivity contribution in [2.45, 2.75) is 33.2 Å². The van der Waals surface area contributed by atoms with Crippen molar-refractivity contribution in [2.24, 2.45) is 0 Å². The van der Waals surface area contributed by atoms with Crippen LogP contribution in [-0.4, -0.2) is 32.3 Å². The fourth-order valence-electron chi connectivity index (χ4n) is 2.85. The van der Waals surface area contributed by atoms with E-state index in [1.54, 1.807) is 23.3 Å². The Kier molecular flexibility index (Phi) is 5.80. The standard InChI is InChI=1S/C20H23N5O2/c1-4-27-20-15(8-7-11-22-20)12-23-19(26)16-13-24-25(18(16)14(2)3)17-9-5-6-10-21-17/h5-11,13-14H,4,12H2,1-3H3,(H,23,26). The third-order valence-electron chi connectivity index (χ3n) is 4.03. The summed E-state index contributed by atoms with van der Waals surface area (Å²) in [5.74, 6) is 1.14. The molecule has 3 aromatic rings. The topological polar surface area (TPSA) is 81.9 Å². The highest BCUT2D eigenvalue weighted by molar-refractivity contribution is 5.95. The van der Waals surface area contributed by atoms with Gasteiger partial charge < -0.3 is 10.1 Å². The molecule has 0 aliphatic carbocycles. The van der Waals surface area contributed by atoms with Gasteiger partial charge in [0.15, 0.2) is 5.82 Å². The van der Waals surface area contributed by atoms with Gasteiger partial charge in [0.2, 0.25) is 5.88 Å². The molecule has 140 valence electrons. The largest absolute Gasteiger partial charge is 0.478 e. The number of amides is 1. The molecule has 0 saturated heterocycles. The Morgan fingerprint density at radius 3 is 2.70 bits per heavy atom. The van der Waals surface area contributed by atoms with E-state index in [0.717, 1.165) is 11.3 Å². The molecule has 27 heavy (non-hydrogen) atoms. The van der Waals surface area contributed by atoms with Crippen molar-refractivity contribution < 1.29 is 9.53 Å². The van der Waals surface area contributed by atoms with E-state index in [2.05, 4.69) is 20.4 Å². The molecule has 7 nitrogen and oxygen atoms in total. The van der Waals surface area contributed by atoms with Crippen LogP contribution in [0.5, 0.6) is 5.88 Å². The van der Waals surface area contributed by atoms with Gasteiger partial charge in [0.05, 0.1) is 24.1 Å². The molecule has 3 rings (SSSR count). The molecule has 0 fully saturated rings. The van der Waals surface area contributed by atoms with Crippen molar-refractivity contribution >= 4 is 5.91 Å². The van der Waals surface area contributed by atoms with Crippen molar-refractivity contribution in [3.05, 3.63) is 65.7 Å². The molecule has 0 aromatic carbocycles. The average molecular weight is 365 g/mol. The molecule has 1 amide bonds. The van der Waals surface area contributed by atoms with Crippen LogP contribution >= 0.6 is 0 Å². The van der Waals surface area contributed by atoms with Crippen LogP contribution in [0.2, 0.25) is 0 Å². The molecule has 1 N–H and O–H groups in total. The van der Waals surface area contributed by atoms with Crippen LogP contribution in [0.3, 0.4) is 0 Å². The minimum absolute atomic E-state index is 0.104. The number of aromatic nitrogens is 4. The summed E-state index contributed by atoms with van der Waals surface area (Å²) in [6, 6.07) is 9.32. The zero-order valence-corrected chi connectivity index (χ0v) is 15.7. The second kappa shape index (κ2) is 8.44. The molecule has 0 unspecified atom stereocenters. The second-order valence-electron chi connectivity index (χ2n) is 6.28. The summed E-state index contributed by atoms with van der Waals surface area (Å²) in [5.41, 5.74) is 2.19. The van der Waals surface area contributed by atoms with Gasteiger partial charge in [-0.1, -0.05) is 26.0 Å². The van der Waals surface area contributed by atoms with Crippen LogP contribution in [0, 0.1) is 0 Å². The van der Waals surface area contributed by atoms with Crippen molar-refractivity contribution in [2.75, 3.05) is 6.61 Å². The molecule has 0 aliphatic rings. The third-order valence-corrected chi connectivity index (χ3v) is 4.03. The van der Waals surface area contributed by atoms with E-state index in [9.17, 15) is 4.79 Å². The third kappa shape index (κ3) is 4.13. The van der Waals surface area contributed by atoms with Crippen LogP contribution in [0.4, 0.5) is 0 Å². The van der Waals surface area contributed by atoms with Crippen molar-refractivity contribution in [1.82, 2.24) is 25.1 Å². The fraction of sp³-hybridized carbons (Fsp3) is 0.300. The maximum atomic E-state index is 12.8. The van der Waals surface area contributed by atoms with E-state index in [0.29, 0.717) is 30.4 Å². The molecule has 0 radical (unpaired) electrons. The molecule has 0 aliphatic heterocycles. The lowest BCUT2D eigenvalue weighted by molar-refractivity contribution is 0.0949. The number of rotatable bonds is 7. The first-order chi connectivity index (χ1) is 13.1. The Morgan fingerprint density at radius 2 is 2.00 bits per heavy atom. The molecule has 0 spiro atoms. The molecule has 7 heteroatoms. The van der Waals surface area contributed by atoms with Crippen LogP contribution < -0.4 is 10.1 Å². The minimum atomic E-state index is -0.188. The Labute approximate surface area is 158 Å². The Hall–Kier alpha value is -3.22. The number of nitrogens with one attached hydrogen (secondary N) is 1. The lowest BCUT2D eigenvalue weighted by Gasteiger charge is -2.13. The summed E-state index contributed by atoms with van der Waals surface area (Å²) >= 11 is 0. The normalized spacial score (nSPS) is 10.8. The van der Waals surface area contributed by atoms with Crippen molar-refractivity contribution in [3.63, 3.8) is 0 Å². The van der Waals surface area contributed by atoms with Gasteiger partial charge in [0.1, 0.15) is 0 Å². The van der Waals surface area contributed by atoms with Gasteiger partial charge in [-0.05, 0) is 31.0 Å². The molecule has 0 atom stereocenters. The van der Waals surface area contributed by atoms with E-state index >= 15 is 0 Å². The number of carbonyl (C=O) groups excluding carboxylic acids is 1. The fourth-order valence-corrected chi connectivity index (χ4v) is 2.85. The number of hydrogen-bond acceptors (Lipinski definition) is 5. The summed E-state index contributed by atoms with van der Waals surface area (Å²) in [5, 5.41) is 7.33. The van der Waals surface area contributed by atoms with Gasteiger partial charge in [-0.25, -0.2) is 14.6 Å². The number of ether oxygens (including phenoxy) is 1. The highest BCUT2D eigenvalue weighted by Crippen LogP contribution is 2.22. The van der Waals surface area contributed by atoms with Crippen LogP contribution in [-0.2, 0) is 6.54 Å². The monoisotopic (exact) mass is 365 g/mol. The quantitative estimate of drug-likeness (QED) is 0.696. The molecule has 0 bridgehead atoms. The predicted octanol–water partition coefficient (Wildman–Crippen LogP) is 3.11. The molecule has 3 heterocycles. The number of pyridine rings is 2. The molecular weight excluding hydrogens is 342 g/mol. The van der Waals surface area contributed by atoms with Crippen LogP contribution in [0.25, 0.3) is 5.82 Å². The summed E-state index contributed by atoms with van der Waals surface area (Å²) in [4.78, 5) is 21.4. The second-order valence-corrected chi connectivity index (χ2v) is 6.28. The van der Waals surface area contributed by atoms with E-state index in [1.807, 2.05) is 51.1 Å². The first kappa shape index (κ1) is 18.6. The number of nitrogens with zero attached hydrogens (tertiary/aromatic N) is 4. The summed E-state index contributed by atoms with van der Waals surface area (Å²) in [6.45, 7) is 6.81. The van der Waals surface area contributed by atoms with Crippen LogP contribution in [0.1, 0.15) is 48.3 Å². The highest BCUT2D eigenvalue weighted by Gasteiger charge is 2.21. The summed E-state index contributed by atoms with van der Waals surface area (Å²) < 4.78 is 7.23. The summed E-state index contributed by atoms with van der Waals surface area (Å²) in [6.07, 6.45) is 4.97. The van der Waals surface area contributed by atoms with Gasteiger partial charge in [-0.15, -0.1) is 0 Å². The van der Waals surface area contributed by atoms with Crippen molar-refractivity contribution in [1.29, 1.82) is 0 Å². The van der Waals surface area contributed by atoms with E-state index in [4.69, 9.17) is 4.74 Å². The summed E-state index contributed by atoms with van der Waals surface area (Å²) in [7, 11) is 0. The number of carbonyl (C=O) groups is 1. The van der Waals surface area contributed by atoms with Gasteiger partial charge in [-0.3, -0.25) is 4.79 Å².